The molecule has 1 aromatic carbocycles. The third kappa shape index (κ3) is 3.63. The van der Waals surface area contributed by atoms with Crippen molar-refractivity contribution in [2.75, 3.05) is 6.61 Å². The molecule has 3 nitrogen and oxygen atoms in total. The molecule has 1 aliphatic heterocycles. The smallest absolute Gasteiger partial charge is 0.266 e. The van der Waals surface area contributed by atoms with E-state index < -0.39 is 4.75 Å². The van der Waals surface area contributed by atoms with Gasteiger partial charge >= 0.3 is 0 Å². The minimum Gasteiger partial charge on any atom is -0.468 e. The molecule has 0 bridgehead atoms. The molecule has 22 heavy (non-hydrogen) atoms. The maximum atomic E-state index is 12.7. The number of rotatable bonds is 4. The Morgan fingerprint density at radius 1 is 1.45 bits per heavy atom. The van der Waals surface area contributed by atoms with Gasteiger partial charge in [0, 0.05) is 11.2 Å². The first-order chi connectivity index (χ1) is 10.2. The second kappa shape index (κ2) is 6.59. The van der Waals surface area contributed by atoms with Crippen molar-refractivity contribution in [1.82, 2.24) is 4.90 Å². The van der Waals surface area contributed by atoms with E-state index in [0.717, 1.165) is 5.56 Å². The van der Waals surface area contributed by atoms with Gasteiger partial charge in [-0.15, -0.1) is 0 Å². The summed E-state index contributed by atoms with van der Waals surface area (Å²) in [5.74, 6) is 0.272. The van der Waals surface area contributed by atoms with Crippen LogP contribution in [0, 0.1) is 12.8 Å². The fourth-order valence-corrected chi connectivity index (χ4v) is 3.20. The first kappa shape index (κ1) is 17.3. The summed E-state index contributed by atoms with van der Waals surface area (Å²) in [4.78, 5) is 14.4. The van der Waals surface area contributed by atoms with E-state index in [1.165, 1.54) is 5.56 Å². The van der Waals surface area contributed by atoms with E-state index in [1.54, 1.807) is 4.90 Å². The molecule has 1 aromatic rings. The van der Waals surface area contributed by atoms with Crippen LogP contribution in [-0.4, -0.2) is 28.6 Å². The predicted octanol–water partition coefficient (Wildman–Crippen LogP) is 3.70. The summed E-state index contributed by atoms with van der Waals surface area (Å²) >= 11 is 9.92. The molecule has 0 unspecified atom stereocenters. The number of amides is 1. The van der Waals surface area contributed by atoms with Gasteiger partial charge in [-0.25, -0.2) is 0 Å². The van der Waals surface area contributed by atoms with Crippen LogP contribution in [0.4, 0.5) is 0 Å². The molecule has 0 aliphatic carbocycles. The topological polar surface area (TPSA) is 29.5 Å². The van der Waals surface area contributed by atoms with Crippen LogP contribution in [0.5, 0.6) is 0 Å². The van der Waals surface area contributed by atoms with Crippen LogP contribution in [0.2, 0.25) is 0 Å². The third-order valence-corrected chi connectivity index (χ3v) is 4.84. The Morgan fingerprint density at radius 2 is 2.05 bits per heavy atom. The fourth-order valence-electron chi connectivity index (χ4n) is 2.61. The minimum atomic E-state index is -0.537. The Balaban J connectivity index is 2.16. The maximum Gasteiger partial charge on any atom is 0.266 e. The number of hydrogen-bond acceptors (Lipinski definition) is 4. The summed E-state index contributed by atoms with van der Waals surface area (Å²) in [6, 6.07) is 8.13. The molecule has 120 valence electrons. The highest BCUT2D eigenvalue weighted by Crippen LogP contribution is 2.34. The Bertz CT molecular complexity index is 567. The Labute approximate surface area is 143 Å². The highest BCUT2D eigenvalue weighted by atomic mass is 32.1. The molecule has 1 aliphatic rings. The molecule has 0 aromatic heterocycles. The Morgan fingerprint density at radius 3 is 2.59 bits per heavy atom. The molecule has 1 amide bonds. The zero-order chi connectivity index (χ0) is 16.5. The SMILES string of the molecule is Cc1ccc([C@@](C)(S)CC(=O)N2C(=S)OC[C@@H]2C(C)C)cc1. The van der Waals surface area contributed by atoms with Crippen molar-refractivity contribution in [3.8, 4) is 0 Å². The molecule has 5 heteroatoms. The second-order valence-corrected chi connectivity index (χ2v) is 7.80. The fraction of sp³-hybridized carbons (Fsp3) is 0.529. The quantitative estimate of drug-likeness (QED) is 0.671. The number of carbonyl (C=O) groups excluding carboxylic acids is 1. The zero-order valence-electron chi connectivity index (χ0n) is 13.5. The van der Waals surface area contributed by atoms with Crippen LogP contribution >= 0.6 is 24.8 Å². The van der Waals surface area contributed by atoms with E-state index in [9.17, 15) is 4.79 Å². The molecule has 1 fully saturated rings. The molecule has 0 spiro atoms. The molecule has 2 atom stereocenters. The van der Waals surface area contributed by atoms with Gasteiger partial charge in [-0.1, -0.05) is 43.7 Å². The predicted molar refractivity (Wildman–Crippen MR) is 96.2 cm³/mol. The molecule has 1 saturated heterocycles. The number of hydrogen-bond donors (Lipinski definition) is 1. The van der Waals surface area contributed by atoms with Crippen LogP contribution < -0.4 is 0 Å². The van der Waals surface area contributed by atoms with Gasteiger partial charge in [-0.3, -0.25) is 9.69 Å². The lowest BCUT2D eigenvalue weighted by molar-refractivity contribution is -0.129. The van der Waals surface area contributed by atoms with E-state index in [-0.39, 0.29) is 23.5 Å². The van der Waals surface area contributed by atoms with Crippen molar-refractivity contribution in [3.63, 3.8) is 0 Å². The van der Waals surface area contributed by atoms with E-state index in [1.807, 2.05) is 38.1 Å². The van der Waals surface area contributed by atoms with Crippen LogP contribution in [-0.2, 0) is 14.3 Å². The number of thiol groups is 1. The van der Waals surface area contributed by atoms with Crippen LogP contribution in [0.25, 0.3) is 0 Å². The van der Waals surface area contributed by atoms with Gasteiger partial charge in [0.2, 0.25) is 5.91 Å². The van der Waals surface area contributed by atoms with Crippen molar-refractivity contribution in [3.05, 3.63) is 35.4 Å². The van der Waals surface area contributed by atoms with Crippen molar-refractivity contribution in [1.29, 1.82) is 0 Å². The maximum absolute atomic E-state index is 12.7. The monoisotopic (exact) mass is 337 g/mol. The lowest BCUT2D eigenvalue weighted by Crippen LogP contribution is -2.43. The van der Waals surface area contributed by atoms with E-state index >= 15 is 0 Å². The molecule has 0 saturated carbocycles. The summed E-state index contributed by atoms with van der Waals surface area (Å²) in [6.07, 6.45) is 0.284. The first-order valence-corrected chi connectivity index (χ1v) is 8.36. The standard InChI is InChI=1S/C17H23NO2S2/c1-11(2)14-10-20-16(21)18(14)15(19)9-17(4,22)13-7-5-12(3)6-8-13/h5-8,11,14,22H,9-10H2,1-4H3/t14-,17+/m1/s1. The van der Waals surface area contributed by atoms with Crippen molar-refractivity contribution >= 4 is 35.9 Å². The zero-order valence-corrected chi connectivity index (χ0v) is 15.2. The highest BCUT2D eigenvalue weighted by molar-refractivity contribution is 7.81. The summed E-state index contributed by atoms with van der Waals surface area (Å²) in [6.45, 7) is 8.63. The minimum absolute atomic E-state index is 0.0159. The van der Waals surface area contributed by atoms with Crippen molar-refractivity contribution in [2.24, 2.45) is 5.92 Å². The first-order valence-electron chi connectivity index (χ1n) is 7.50. The molecular weight excluding hydrogens is 314 g/mol. The third-order valence-electron chi connectivity index (χ3n) is 4.11. The summed E-state index contributed by atoms with van der Waals surface area (Å²) in [5, 5.41) is 0.289. The number of thiocarbonyl (C=S) groups is 1. The normalized spacial score (nSPS) is 20.9. The number of aryl methyl sites for hydroxylation is 1. The van der Waals surface area contributed by atoms with Gasteiger partial charge in [0.05, 0.1) is 6.04 Å². The van der Waals surface area contributed by atoms with Crippen molar-refractivity contribution < 1.29 is 9.53 Å². The summed E-state index contributed by atoms with van der Waals surface area (Å²) in [5.41, 5.74) is 2.22. The van der Waals surface area contributed by atoms with Crippen molar-refractivity contribution in [2.45, 2.75) is 44.9 Å². The lowest BCUT2D eigenvalue weighted by Gasteiger charge is -2.29. The molecular formula is C17H23NO2S2. The number of benzene rings is 1. The van der Waals surface area contributed by atoms with Crippen LogP contribution in [0.3, 0.4) is 0 Å². The molecule has 2 rings (SSSR count). The highest BCUT2D eigenvalue weighted by Gasteiger charge is 2.39. The van der Waals surface area contributed by atoms with E-state index in [2.05, 4.69) is 13.8 Å². The number of carbonyl (C=O) groups is 1. The average Bonchev–Trinajstić information content (AvgIpc) is 2.81. The summed E-state index contributed by atoms with van der Waals surface area (Å²) in [7, 11) is 0. The Hall–Kier alpha value is -1.07. The van der Waals surface area contributed by atoms with Crippen LogP contribution in [0.15, 0.2) is 24.3 Å². The van der Waals surface area contributed by atoms with Gasteiger partial charge in [-0.2, -0.15) is 12.6 Å². The van der Waals surface area contributed by atoms with Gasteiger partial charge in [0.15, 0.2) is 0 Å². The average molecular weight is 338 g/mol. The van der Waals surface area contributed by atoms with Gasteiger partial charge in [0.25, 0.3) is 5.17 Å². The van der Waals surface area contributed by atoms with Gasteiger partial charge in [0.1, 0.15) is 6.61 Å². The van der Waals surface area contributed by atoms with E-state index in [4.69, 9.17) is 29.6 Å². The van der Waals surface area contributed by atoms with Crippen LogP contribution in [0.1, 0.15) is 38.3 Å². The van der Waals surface area contributed by atoms with E-state index in [0.29, 0.717) is 12.5 Å². The molecule has 1 heterocycles. The molecule has 0 N–H and O–H groups in total. The van der Waals surface area contributed by atoms with Gasteiger partial charge in [-0.05, 0) is 37.5 Å². The largest absolute Gasteiger partial charge is 0.468 e. The summed E-state index contributed by atoms with van der Waals surface area (Å²) < 4.78 is 4.87. The number of ether oxygens (including phenoxy) is 1. The number of nitrogens with zero attached hydrogens (tertiary/aromatic N) is 1. The second-order valence-electron chi connectivity index (χ2n) is 6.47. The van der Waals surface area contributed by atoms with Gasteiger partial charge < -0.3 is 4.74 Å². The lowest BCUT2D eigenvalue weighted by atomic mass is 9.94. The molecule has 0 radical (unpaired) electrons. The Kier molecular flexibility index (Phi) is 5.17.